The van der Waals surface area contributed by atoms with Gasteiger partial charge in [-0.05, 0) is 157 Å². The summed E-state index contributed by atoms with van der Waals surface area (Å²) in [6, 6.07) is 61.9. The van der Waals surface area contributed by atoms with Gasteiger partial charge in [-0.15, -0.1) is 0 Å². The van der Waals surface area contributed by atoms with Crippen LogP contribution >= 0.6 is 0 Å². The molecule has 0 amide bonds. The molecule has 56 heavy (non-hydrogen) atoms. The minimum absolute atomic E-state index is 1.14. The van der Waals surface area contributed by atoms with Crippen LogP contribution in [-0.2, 0) is 25.7 Å². The van der Waals surface area contributed by atoms with Gasteiger partial charge in [-0.1, -0.05) is 133 Å². The van der Waals surface area contributed by atoms with E-state index in [4.69, 9.17) is 0 Å². The minimum atomic E-state index is 1.14. The van der Waals surface area contributed by atoms with Crippen molar-refractivity contribution in [2.24, 2.45) is 0 Å². The van der Waals surface area contributed by atoms with E-state index in [0.29, 0.717) is 0 Å². The molecule has 0 atom stereocenters. The number of fused-ring (bicyclic) bond motifs is 2. The van der Waals surface area contributed by atoms with Gasteiger partial charge in [0, 0.05) is 34.1 Å². The molecule has 0 saturated heterocycles. The predicted octanol–water partition coefficient (Wildman–Crippen LogP) is 14.7. The maximum absolute atomic E-state index is 2.42. The second kappa shape index (κ2) is 16.6. The Balaban J connectivity index is 0.887. The molecule has 2 aliphatic rings. The van der Waals surface area contributed by atoms with E-state index in [1.165, 1.54) is 117 Å². The lowest BCUT2D eigenvalue weighted by molar-refractivity contribution is 0.686. The van der Waals surface area contributed by atoms with Gasteiger partial charge in [-0.2, -0.15) is 0 Å². The summed E-state index contributed by atoms with van der Waals surface area (Å²) in [5.41, 5.74) is 18.1. The summed E-state index contributed by atoms with van der Waals surface area (Å²) in [6.45, 7) is 0. The van der Waals surface area contributed by atoms with Crippen LogP contribution in [0.15, 0.2) is 170 Å². The van der Waals surface area contributed by atoms with E-state index in [9.17, 15) is 0 Å². The highest BCUT2D eigenvalue weighted by Gasteiger charge is 2.21. The highest BCUT2D eigenvalue weighted by atomic mass is 15.1. The van der Waals surface area contributed by atoms with E-state index in [1.54, 1.807) is 0 Å². The molecule has 0 fully saturated rings. The van der Waals surface area contributed by atoms with Crippen molar-refractivity contribution in [3.8, 4) is 0 Å². The molecule has 0 saturated carbocycles. The third kappa shape index (κ3) is 7.74. The second-order valence-electron chi connectivity index (χ2n) is 15.1. The zero-order valence-corrected chi connectivity index (χ0v) is 32.0. The molecule has 0 heterocycles. The summed E-state index contributed by atoms with van der Waals surface area (Å²) in [7, 11) is 0. The fourth-order valence-corrected chi connectivity index (χ4v) is 8.52. The quantitative estimate of drug-likeness (QED) is 0.130. The average molecular weight is 725 g/mol. The number of benzene rings is 7. The molecule has 2 nitrogen and oxygen atoms in total. The molecule has 0 N–H and O–H groups in total. The normalized spacial score (nSPS) is 13.7. The Morgan fingerprint density at radius 2 is 0.607 bits per heavy atom. The molecule has 274 valence electrons. The summed E-state index contributed by atoms with van der Waals surface area (Å²) >= 11 is 0. The molecule has 0 unspecified atom stereocenters. The fraction of sp³-hybridized carbons (Fsp3) is 0.148. The number of hydrogen-bond acceptors (Lipinski definition) is 2. The van der Waals surface area contributed by atoms with Crippen LogP contribution in [0.4, 0.5) is 34.1 Å². The maximum atomic E-state index is 2.42. The highest BCUT2D eigenvalue weighted by Crippen LogP contribution is 2.41. The van der Waals surface area contributed by atoms with Crippen molar-refractivity contribution in [1.82, 2.24) is 0 Å². The Labute approximate surface area is 332 Å². The summed E-state index contributed by atoms with van der Waals surface area (Å²) in [5, 5.41) is 0. The summed E-state index contributed by atoms with van der Waals surface area (Å²) in [4.78, 5) is 4.85. The van der Waals surface area contributed by atoms with Crippen LogP contribution < -0.4 is 9.80 Å². The zero-order valence-electron chi connectivity index (χ0n) is 32.0. The molecule has 7 aromatic carbocycles. The Morgan fingerprint density at radius 3 is 0.982 bits per heavy atom. The van der Waals surface area contributed by atoms with Crippen LogP contribution in [0.1, 0.15) is 70.2 Å². The van der Waals surface area contributed by atoms with Gasteiger partial charge < -0.3 is 9.80 Å². The molecular weight excluding hydrogens is 677 g/mol. The van der Waals surface area contributed by atoms with E-state index < -0.39 is 0 Å². The van der Waals surface area contributed by atoms with Crippen molar-refractivity contribution < 1.29 is 0 Å². The molecule has 9 rings (SSSR count). The lowest BCUT2D eigenvalue weighted by Crippen LogP contribution is -2.15. The maximum Gasteiger partial charge on any atom is 0.0496 e. The number of nitrogens with zero attached hydrogens (tertiary/aromatic N) is 2. The minimum Gasteiger partial charge on any atom is -0.310 e. The van der Waals surface area contributed by atoms with Gasteiger partial charge in [0.25, 0.3) is 0 Å². The van der Waals surface area contributed by atoms with E-state index in [2.05, 4.69) is 204 Å². The Kier molecular flexibility index (Phi) is 10.4. The summed E-state index contributed by atoms with van der Waals surface area (Å²) < 4.78 is 0. The summed E-state index contributed by atoms with van der Waals surface area (Å²) in [6.07, 6.45) is 18.5. The molecule has 0 radical (unpaired) electrons. The first-order valence-corrected chi connectivity index (χ1v) is 20.4. The molecular formula is C54H48N2. The summed E-state index contributed by atoms with van der Waals surface area (Å²) in [5.74, 6) is 0. The third-order valence-electron chi connectivity index (χ3n) is 11.4. The van der Waals surface area contributed by atoms with Gasteiger partial charge in [0.05, 0.1) is 0 Å². The molecule has 2 heteroatoms. The van der Waals surface area contributed by atoms with Gasteiger partial charge in [0.15, 0.2) is 0 Å². The lowest BCUT2D eigenvalue weighted by atomic mass is 9.90. The number of para-hydroxylation sites is 2. The van der Waals surface area contributed by atoms with Crippen molar-refractivity contribution in [1.29, 1.82) is 0 Å². The topological polar surface area (TPSA) is 6.48 Å². The van der Waals surface area contributed by atoms with Crippen molar-refractivity contribution in [2.45, 2.75) is 51.4 Å². The lowest BCUT2D eigenvalue weighted by Gasteiger charge is -2.30. The number of aryl methyl sites for hydroxylation is 2. The monoisotopic (exact) mass is 724 g/mol. The third-order valence-corrected chi connectivity index (χ3v) is 11.4. The smallest absolute Gasteiger partial charge is 0.0496 e. The molecule has 0 bridgehead atoms. The van der Waals surface area contributed by atoms with Gasteiger partial charge in [0.1, 0.15) is 0 Å². The van der Waals surface area contributed by atoms with Crippen LogP contribution in [0.3, 0.4) is 0 Å². The van der Waals surface area contributed by atoms with Crippen molar-refractivity contribution in [2.75, 3.05) is 9.80 Å². The van der Waals surface area contributed by atoms with Gasteiger partial charge in [0.2, 0.25) is 0 Å². The first kappa shape index (κ1) is 35.3. The van der Waals surface area contributed by atoms with Crippen molar-refractivity contribution in [3.63, 3.8) is 0 Å². The number of rotatable bonds is 10. The molecule has 0 spiro atoms. The molecule has 2 aliphatic carbocycles. The Morgan fingerprint density at radius 1 is 0.286 bits per heavy atom. The fourth-order valence-electron chi connectivity index (χ4n) is 8.52. The Hall–Kier alpha value is -6.38. The highest BCUT2D eigenvalue weighted by molar-refractivity contribution is 5.82. The second-order valence-corrected chi connectivity index (χ2v) is 15.1. The number of hydrogen-bond donors (Lipinski definition) is 0. The van der Waals surface area contributed by atoms with Crippen LogP contribution in [0, 0.1) is 0 Å². The van der Waals surface area contributed by atoms with Gasteiger partial charge >= 0.3 is 0 Å². The first-order valence-electron chi connectivity index (χ1n) is 20.4. The van der Waals surface area contributed by atoms with E-state index >= 15 is 0 Å². The van der Waals surface area contributed by atoms with Crippen LogP contribution in [0.5, 0.6) is 0 Å². The van der Waals surface area contributed by atoms with Crippen LogP contribution in [-0.4, -0.2) is 0 Å². The molecule has 0 aliphatic heterocycles. The van der Waals surface area contributed by atoms with E-state index in [0.717, 1.165) is 12.8 Å². The van der Waals surface area contributed by atoms with Crippen molar-refractivity contribution in [3.05, 3.63) is 214 Å². The van der Waals surface area contributed by atoms with Gasteiger partial charge in [-0.25, -0.2) is 0 Å². The van der Waals surface area contributed by atoms with Crippen LogP contribution in [0.2, 0.25) is 0 Å². The zero-order chi connectivity index (χ0) is 37.5. The van der Waals surface area contributed by atoms with Gasteiger partial charge in [-0.3, -0.25) is 0 Å². The first-order chi connectivity index (χ1) is 27.8. The van der Waals surface area contributed by atoms with Crippen LogP contribution in [0.25, 0.3) is 24.3 Å². The largest absolute Gasteiger partial charge is 0.310 e. The average Bonchev–Trinajstić information content (AvgIpc) is 3.27. The standard InChI is InChI=1S/C54H48N2/c1-3-17-47(18-4-1)55(53-23-11-15-45-13-7-9-21-51(45)53)49-37-33-43(34-38-49)31-29-41-25-27-42(28-26-41)30-32-44-35-39-50(40-36-44)56(48-19-5-2-6-20-48)54-24-12-16-46-14-8-10-22-52(46)54/h1-6,11-12,15-20,23-40H,7-10,13-14,21-22H2/b31-29+,32-30+. The van der Waals surface area contributed by atoms with E-state index in [1.807, 2.05) is 0 Å². The van der Waals surface area contributed by atoms with Crippen molar-refractivity contribution >= 4 is 58.4 Å². The molecule has 7 aromatic rings. The number of anilines is 6. The predicted molar refractivity (Wildman–Crippen MR) is 240 cm³/mol. The van der Waals surface area contributed by atoms with E-state index in [-0.39, 0.29) is 0 Å². The SMILES string of the molecule is C(=C\c1ccc(N(c2ccccc2)c2cccc3c2CCCC3)cc1)/c1ccc(/C=C/c2ccc(N(c3ccccc3)c3cccc4c3CCCC4)cc2)cc1. The molecule has 0 aromatic heterocycles. The Bertz CT molecular complexity index is 2270.